The Morgan fingerprint density at radius 2 is 1.73 bits per heavy atom. The van der Waals surface area contributed by atoms with Gasteiger partial charge in [0.2, 0.25) is 0 Å². The molecule has 4 rings (SSSR count). The molecule has 1 heterocycles. The normalized spacial score (nSPS) is 15.2. The summed E-state index contributed by atoms with van der Waals surface area (Å²) in [7, 11) is 0. The zero-order chi connectivity index (χ0) is 17.8. The summed E-state index contributed by atoms with van der Waals surface area (Å²) in [6, 6.07) is 22.4. The van der Waals surface area contributed by atoms with Crippen molar-refractivity contribution < 1.29 is 13.9 Å². The van der Waals surface area contributed by atoms with Crippen molar-refractivity contribution in [2.24, 2.45) is 0 Å². The summed E-state index contributed by atoms with van der Waals surface area (Å²) < 4.78 is 24.9. The zero-order valence-electron chi connectivity index (χ0n) is 14.3. The van der Waals surface area contributed by atoms with Crippen molar-refractivity contribution in [2.45, 2.75) is 19.1 Å². The molecule has 0 spiro atoms. The largest absolute Gasteiger partial charge is 0.489 e. The number of fused-ring (bicyclic) bond motifs is 1. The molecule has 3 heteroatoms. The summed E-state index contributed by atoms with van der Waals surface area (Å²) in [5.74, 6) is 1.45. The number of benzene rings is 3. The summed E-state index contributed by atoms with van der Waals surface area (Å²) in [5.41, 5.74) is 3.11. The summed E-state index contributed by atoms with van der Waals surface area (Å²) in [6.07, 6.45) is 5.04. The number of halogens is 1. The molecule has 0 aromatic heterocycles. The molecule has 3 aromatic carbocycles. The van der Waals surface area contributed by atoms with Crippen molar-refractivity contribution in [3.05, 3.63) is 101 Å². The number of hydrogen-bond acceptors (Lipinski definition) is 2. The zero-order valence-corrected chi connectivity index (χ0v) is 14.3. The van der Waals surface area contributed by atoms with Gasteiger partial charge in [-0.1, -0.05) is 48.5 Å². The van der Waals surface area contributed by atoms with Gasteiger partial charge < -0.3 is 9.47 Å². The fourth-order valence-corrected chi connectivity index (χ4v) is 3.00. The predicted molar refractivity (Wildman–Crippen MR) is 101 cm³/mol. The first-order valence-corrected chi connectivity index (χ1v) is 8.66. The first kappa shape index (κ1) is 16.4. The smallest absolute Gasteiger partial charge is 0.127 e. The lowest BCUT2D eigenvalue weighted by Crippen LogP contribution is -2.19. The molecular weight excluding hydrogens is 327 g/mol. The molecule has 0 saturated heterocycles. The number of rotatable bonds is 5. The summed E-state index contributed by atoms with van der Waals surface area (Å²) in [5, 5.41) is 0. The molecule has 0 saturated carbocycles. The topological polar surface area (TPSA) is 18.5 Å². The third-order valence-electron chi connectivity index (χ3n) is 4.34. The van der Waals surface area contributed by atoms with Gasteiger partial charge in [0, 0.05) is 12.0 Å². The van der Waals surface area contributed by atoms with Gasteiger partial charge in [0.05, 0.1) is 0 Å². The first-order valence-electron chi connectivity index (χ1n) is 8.66. The van der Waals surface area contributed by atoms with E-state index in [1.54, 1.807) is 6.07 Å². The second-order valence-electron chi connectivity index (χ2n) is 6.32. The van der Waals surface area contributed by atoms with Crippen LogP contribution in [0, 0.1) is 5.82 Å². The van der Waals surface area contributed by atoms with Crippen LogP contribution in [0.2, 0.25) is 0 Å². The van der Waals surface area contributed by atoms with Crippen molar-refractivity contribution in [1.82, 2.24) is 0 Å². The van der Waals surface area contributed by atoms with Crippen LogP contribution in [0.5, 0.6) is 11.5 Å². The maximum atomic E-state index is 13.2. The van der Waals surface area contributed by atoms with E-state index in [4.69, 9.17) is 9.47 Å². The molecule has 1 unspecified atom stereocenters. The molecule has 0 fully saturated rings. The molecule has 1 atom stereocenters. The summed E-state index contributed by atoms with van der Waals surface area (Å²) >= 11 is 0. The SMILES string of the molecule is Fc1cccc(COc2ccc(CC3C=Cc4ccccc4O3)cc2)c1. The van der Waals surface area contributed by atoms with Crippen molar-refractivity contribution in [1.29, 1.82) is 0 Å². The fourth-order valence-electron chi connectivity index (χ4n) is 3.00. The standard InChI is InChI=1S/C23H19FO2/c24-20-6-3-4-18(14-20)16-25-21-11-8-17(9-12-21)15-22-13-10-19-5-1-2-7-23(19)26-22/h1-14,22H,15-16H2. The van der Waals surface area contributed by atoms with Crippen LogP contribution in [0.4, 0.5) is 4.39 Å². The van der Waals surface area contributed by atoms with E-state index in [2.05, 4.69) is 12.2 Å². The van der Waals surface area contributed by atoms with Crippen LogP contribution in [0.1, 0.15) is 16.7 Å². The van der Waals surface area contributed by atoms with Gasteiger partial charge in [-0.25, -0.2) is 4.39 Å². The Labute approximate surface area is 152 Å². The third-order valence-corrected chi connectivity index (χ3v) is 4.34. The van der Waals surface area contributed by atoms with Crippen LogP contribution in [0.3, 0.4) is 0 Å². The lowest BCUT2D eigenvalue weighted by molar-refractivity contribution is 0.246. The molecule has 1 aliphatic rings. The molecule has 1 aliphatic heterocycles. The van der Waals surface area contributed by atoms with Gasteiger partial charge >= 0.3 is 0 Å². The van der Waals surface area contributed by atoms with Crippen molar-refractivity contribution >= 4 is 6.08 Å². The Morgan fingerprint density at radius 3 is 2.58 bits per heavy atom. The van der Waals surface area contributed by atoms with Crippen LogP contribution in [0.25, 0.3) is 6.08 Å². The quantitative estimate of drug-likeness (QED) is 0.614. The predicted octanol–water partition coefficient (Wildman–Crippen LogP) is 5.42. The van der Waals surface area contributed by atoms with Gasteiger partial charge in [0.1, 0.15) is 30.0 Å². The van der Waals surface area contributed by atoms with Gasteiger partial charge in [-0.05, 0) is 47.5 Å². The van der Waals surface area contributed by atoms with E-state index >= 15 is 0 Å². The minimum absolute atomic E-state index is 0.0314. The molecule has 0 N–H and O–H groups in total. The van der Waals surface area contributed by atoms with Gasteiger partial charge in [-0.3, -0.25) is 0 Å². The summed E-state index contributed by atoms with van der Waals surface area (Å²) in [4.78, 5) is 0. The van der Waals surface area contributed by atoms with Gasteiger partial charge in [-0.2, -0.15) is 0 Å². The Bertz CT molecular complexity index is 916. The van der Waals surface area contributed by atoms with Crippen LogP contribution in [0.15, 0.2) is 78.9 Å². The highest BCUT2D eigenvalue weighted by Crippen LogP contribution is 2.27. The molecule has 3 aromatic rings. The lowest BCUT2D eigenvalue weighted by Gasteiger charge is -2.21. The lowest BCUT2D eigenvalue weighted by atomic mass is 10.0. The highest BCUT2D eigenvalue weighted by molar-refractivity contribution is 5.59. The van der Waals surface area contributed by atoms with Crippen LogP contribution < -0.4 is 9.47 Å². The van der Waals surface area contributed by atoms with E-state index in [1.807, 2.05) is 54.6 Å². The maximum absolute atomic E-state index is 13.2. The van der Waals surface area contributed by atoms with Crippen LogP contribution >= 0.6 is 0 Å². The Morgan fingerprint density at radius 1 is 0.885 bits per heavy atom. The van der Waals surface area contributed by atoms with E-state index in [0.717, 1.165) is 29.0 Å². The van der Waals surface area contributed by atoms with Gasteiger partial charge in [-0.15, -0.1) is 0 Å². The molecule has 130 valence electrons. The Hall–Kier alpha value is -3.07. The van der Waals surface area contributed by atoms with Crippen molar-refractivity contribution in [2.75, 3.05) is 0 Å². The average molecular weight is 346 g/mol. The number of para-hydroxylation sites is 1. The van der Waals surface area contributed by atoms with Crippen molar-refractivity contribution in [3.63, 3.8) is 0 Å². The first-order chi connectivity index (χ1) is 12.8. The molecule has 0 bridgehead atoms. The second-order valence-corrected chi connectivity index (χ2v) is 6.32. The highest BCUT2D eigenvalue weighted by atomic mass is 19.1. The van der Waals surface area contributed by atoms with Gasteiger partial charge in [0.15, 0.2) is 0 Å². The maximum Gasteiger partial charge on any atom is 0.127 e. The molecule has 2 nitrogen and oxygen atoms in total. The average Bonchev–Trinajstić information content (AvgIpc) is 2.67. The van der Waals surface area contributed by atoms with E-state index in [-0.39, 0.29) is 11.9 Å². The molecule has 0 amide bonds. The Kier molecular flexibility index (Phi) is 4.69. The van der Waals surface area contributed by atoms with Crippen LogP contribution in [-0.2, 0) is 13.0 Å². The highest BCUT2D eigenvalue weighted by Gasteiger charge is 2.14. The third kappa shape index (κ3) is 3.94. The minimum Gasteiger partial charge on any atom is -0.489 e. The fraction of sp³-hybridized carbons (Fsp3) is 0.130. The number of hydrogen-bond donors (Lipinski definition) is 0. The molecule has 0 radical (unpaired) electrons. The van der Waals surface area contributed by atoms with Crippen LogP contribution in [-0.4, -0.2) is 6.10 Å². The molecule has 26 heavy (non-hydrogen) atoms. The minimum atomic E-state index is -0.247. The molecular formula is C23H19FO2. The van der Waals surface area contributed by atoms with E-state index in [0.29, 0.717) is 6.61 Å². The van der Waals surface area contributed by atoms with E-state index in [1.165, 1.54) is 17.7 Å². The summed E-state index contributed by atoms with van der Waals surface area (Å²) in [6.45, 7) is 0.350. The van der Waals surface area contributed by atoms with E-state index < -0.39 is 0 Å². The number of ether oxygens (including phenoxy) is 2. The van der Waals surface area contributed by atoms with Gasteiger partial charge in [0.25, 0.3) is 0 Å². The van der Waals surface area contributed by atoms with E-state index in [9.17, 15) is 4.39 Å². The molecule has 0 aliphatic carbocycles. The second kappa shape index (κ2) is 7.44. The monoisotopic (exact) mass is 346 g/mol. The van der Waals surface area contributed by atoms with Crippen molar-refractivity contribution in [3.8, 4) is 11.5 Å². The Balaban J connectivity index is 1.35.